The molecule has 0 aromatic rings. The van der Waals surface area contributed by atoms with Gasteiger partial charge in [-0.1, -0.05) is 20.8 Å². The van der Waals surface area contributed by atoms with Gasteiger partial charge in [-0.25, -0.2) is 0 Å². The van der Waals surface area contributed by atoms with E-state index in [1.165, 1.54) is 0 Å². The van der Waals surface area contributed by atoms with Gasteiger partial charge in [0, 0.05) is 5.41 Å². The summed E-state index contributed by atoms with van der Waals surface area (Å²) in [6.45, 7) is 9.37. The Morgan fingerprint density at radius 1 is 1.29 bits per heavy atom. The van der Waals surface area contributed by atoms with Crippen LogP contribution in [0, 0.1) is 5.41 Å². The lowest BCUT2D eigenvalue weighted by atomic mass is 9.90. The summed E-state index contributed by atoms with van der Waals surface area (Å²) >= 11 is 0. The Balaban J connectivity index is 4.27. The highest BCUT2D eigenvalue weighted by molar-refractivity contribution is 5.87. The minimum Gasteiger partial charge on any atom is -0.298 e. The molecule has 0 aliphatic carbocycles. The number of hydrogen-bond acceptors (Lipinski definition) is 3. The van der Waals surface area contributed by atoms with Crippen LogP contribution in [0.1, 0.15) is 34.6 Å². The van der Waals surface area contributed by atoms with Crippen molar-refractivity contribution >= 4 is 11.6 Å². The molecule has 0 aromatic carbocycles. The Labute approximate surface area is 86.5 Å². The minimum absolute atomic E-state index is 0.0919. The molecule has 0 fully saturated rings. The van der Waals surface area contributed by atoms with Gasteiger partial charge in [-0.15, -0.1) is 0 Å². The third-order valence-corrected chi connectivity index (χ3v) is 2.48. The Hall–Kier alpha value is -0.700. The largest absolute Gasteiger partial charge is 0.298 e. The summed E-state index contributed by atoms with van der Waals surface area (Å²) in [7, 11) is 1.80. The molecule has 0 amide bonds. The summed E-state index contributed by atoms with van der Waals surface area (Å²) in [5.41, 5.74) is -0.329. The van der Waals surface area contributed by atoms with Crippen LogP contribution in [-0.2, 0) is 9.59 Å². The van der Waals surface area contributed by atoms with E-state index < -0.39 is 0 Å². The van der Waals surface area contributed by atoms with Gasteiger partial charge in [0.2, 0.25) is 0 Å². The maximum absolute atomic E-state index is 11.6. The van der Waals surface area contributed by atoms with Gasteiger partial charge >= 0.3 is 0 Å². The fourth-order valence-corrected chi connectivity index (χ4v) is 0.911. The molecule has 1 atom stereocenters. The van der Waals surface area contributed by atoms with Gasteiger partial charge in [-0.05, 0) is 20.9 Å². The fourth-order valence-electron chi connectivity index (χ4n) is 0.911. The monoisotopic (exact) mass is 199 g/mol. The summed E-state index contributed by atoms with van der Waals surface area (Å²) in [5, 5.41) is 0. The third-order valence-electron chi connectivity index (χ3n) is 2.48. The maximum Gasteiger partial charge on any atom is 0.152 e. The number of likely N-dealkylation sites (N-methyl/N-ethyl adjacent to an activating group) is 1. The first kappa shape index (κ1) is 13.3. The van der Waals surface area contributed by atoms with Crippen LogP contribution in [0.2, 0.25) is 0 Å². The molecule has 0 saturated heterocycles. The number of nitrogens with zero attached hydrogens (tertiary/aromatic N) is 1. The number of rotatable bonds is 4. The molecule has 0 aliphatic heterocycles. The van der Waals surface area contributed by atoms with Crippen LogP contribution in [0.25, 0.3) is 0 Å². The van der Waals surface area contributed by atoms with E-state index in [0.29, 0.717) is 6.54 Å². The van der Waals surface area contributed by atoms with Crippen LogP contribution >= 0.6 is 0 Å². The Morgan fingerprint density at radius 2 is 1.71 bits per heavy atom. The number of carbonyl (C=O) groups is 2. The number of ketones is 2. The van der Waals surface area contributed by atoms with Crippen molar-refractivity contribution in [3.8, 4) is 0 Å². The summed E-state index contributed by atoms with van der Waals surface area (Å²) in [6.07, 6.45) is 0. The van der Waals surface area contributed by atoms with Gasteiger partial charge in [0.15, 0.2) is 5.78 Å². The Bertz CT molecular complexity index is 228. The lowest BCUT2D eigenvalue weighted by molar-refractivity contribution is -0.129. The number of Topliss-reactive ketones (excluding diaryl/α,β-unsaturated/α-hetero) is 2. The zero-order chi connectivity index (χ0) is 11.5. The van der Waals surface area contributed by atoms with E-state index in [-0.39, 0.29) is 23.0 Å². The van der Waals surface area contributed by atoms with Crippen LogP contribution in [0.5, 0.6) is 0 Å². The van der Waals surface area contributed by atoms with Crippen LogP contribution in [-0.4, -0.2) is 36.1 Å². The lowest BCUT2D eigenvalue weighted by Crippen LogP contribution is -2.41. The predicted molar refractivity (Wildman–Crippen MR) is 57.2 cm³/mol. The van der Waals surface area contributed by atoms with E-state index >= 15 is 0 Å². The molecule has 0 rings (SSSR count). The average Bonchev–Trinajstić information content (AvgIpc) is 2.00. The third kappa shape index (κ3) is 4.01. The number of carbonyl (C=O) groups excluding carboxylic acids is 2. The Morgan fingerprint density at radius 3 is 2.00 bits per heavy atom. The van der Waals surface area contributed by atoms with Gasteiger partial charge in [0.05, 0.1) is 12.6 Å². The molecule has 0 N–H and O–H groups in total. The van der Waals surface area contributed by atoms with Gasteiger partial charge < -0.3 is 0 Å². The molecule has 0 aromatic heterocycles. The molecule has 0 heterocycles. The Kier molecular flexibility index (Phi) is 4.46. The fraction of sp³-hybridized carbons (Fsp3) is 0.818. The SMILES string of the molecule is CC(=O)[C@@H](C)N(C)CC(=O)C(C)(C)C. The second-order valence-electron chi connectivity index (χ2n) is 4.87. The van der Waals surface area contributed by atoms with Crippen molar-refractivity contribution in [3.63, 3.8) is 0 Å². The molecule has 3 nitrogen and oxygen atoms in total. The summed E-state index contributed by atoms with van der Waals surface area (Å²) in [6, 6.07) is -0.179. The molecule has 14 heavy (non-hydrogen) atoms. The quantitative estimate of drug-likeness (QED) is 0.688. The molecule has 82 valence electrons. The van der Waals surface area contributed by atoms with Crippen LogP contribution in [0.15, 0.2) is 0 Å². The van der Waals surface area contributed by atoms with Gasteiger partial charge in [-0.2, -0.15) is 0 Å². The first-order chi connectivity index (χ1) is 6.16. The smallest absolute Gasteiger partial charge is 0.152 e. The predicted octanol–water partition coefficient (Wildman–Crippen LogP) is 1.51. The second kappa shape index (κ2) is 4.69. The van der Waals surface area contributed by atoms with Crippen molar-refractivity contribution in [2.45, 2.75) is 40.7 Å². The highest BCUT2D eigenvalue weighted by Gasteiger charge is 2.24. The van der Waals surface area contributed by atoms with Crippen LogP contribution in [0.4, 0.5) is 0 Å². The van der Waals surface area contributed by atoms with Crippen molar-refractivity contribution in [1.29, 1.82) is 0 Å². The van der Waals surface area contributed by atoms with E-state index in [9.17, 15) is 9.59 Å². The zero-order valence-electron chi connectivity index (χ0n) is 10.0. The molecule has 0 aliphatic rings. The first-order valence-corrected chi connectivity index (χ1v) is 4.90. The van der Waals surface area contributed by atoms with Gasteiger partial charge in [-0.3, -0.25) is 14.5 Å². The molecular formula is C11H21NO2. The summed E-state index contributed by atoms with van der Waals surface area (Å²) < 4.78 is 0. The molecule has 0 saturated carbocycles. The van der Waals surface area contributed by atoms with Gasteiger partial charge in [0.25, 0.3) is 0 Å². The molecule has 0 bridgehead atoms. The average molecular weight is 199 g/mol. The van der Waals surface area contributed by atoms with Crippen molar-refractivity contribution in [2.75, 3.05) is 13.6 Å². The summed E-state index contributed by atoms with van der Waals surface area (Å²) in [5.74, 6) is 0.252. The zero-order valence-corrected chi connectivity index (χ0v) is 10.0. The molecule has 0 unspecified atom stereocenters. The van der Waals surface area contributed by atoms with Crippen molar-refractivity contribution < 1.29 is 9.59 Å². The lowest BCUT2D eigenvalue weighted by Gasteiger charge is -2.25. The highest BCUT2D eigenvalue weighted by atomic mass is 16.1. The summed E-state index contributed by atoms with van der Waals surface area (Å²) in [4.78, 5) is 24.5. The number of hydrogen-bond donors (Lipinski definition) is 0. The molecule has 3 heteroatoms. The van der Waals surface area contributed by atoms with Crippen LogP contribution in [0.3, 0.4) is 0 Å². The highest BCUT2D eigenvalue weighted by Crippen LogP contribution is 2.15. The standard InChI is InChI=1S/C11H21NO2/c1-8(9(2)13)12(6)7-10(14)11(3,4)5/h8H,7H2,1-6H3/t8-/m1/s1. The first-order valence-electron chi connectivity index (χ1n) is 4.90. The normalized spacial score (nSPS) is 14.2. The van der Waals surface area contributed by atoms with E-state index in [1.807, 2.05) is 27.7 Å². The second-order valence-corrected chi connectivity index (χ2v) is 4.87. The van der Waals surface area contributed by atoms with Crippen LogP contribution < -0.4 is 0 Å². The van der Waals surface area contributed by atoms with Crippen molar-refractivity contribution in [1.82, 2.24) is 4.90 Å². The molecule has 0 spiro atoms. The van der Waals surface area contributed by atoms with Crippen molar-refractivity contribution in [2.24, 2.45) is 5.41 Å². The topological polar surface area (TPSA) is 37.4 Å². The minimum atomic E-state index is -0.329. The molecule has 0 radical (unpaired) electrons. The molecular weight excluding hydrogens is 178 g/mol. The van der Waals surface area contributed by atoms with Gasteiger partial charge in [0.1, 0.15) is 5.78 Å². The van der Waals surface area contributed by atoms with E-state index in [2.05, 4.69) is 0 Å². The van der Waals surface area contributed by atoms with E-state index in [0.717, 1.165) is 0 Å². The van der Waals surface area contributed by atoms with E-state index in [1.54, 1.807) is 18.9 Å². The van der Waals surface area contributed by atoms with E-state index in [4.69, 9.17) is 0 Å². The maximum atomic E-state index is 11.6. The van der Waals surface area contributed by atoms with Crippen molar-refractivity contribution in [3.05, 3.63) is 0 Å².